The van der Waals surface area contributed by atoms with Gasteiger partial charge in [-0.3, -0.25) is 0 Å². The van der Waals surface area contributed by atoms with Crippen molar-refractivity contribution in [1.29, 1.82) is 0 Å². The zero-order valence-corrected chi connectivity index (χ0v) is 13.4. The van der Waals surface area contributed by atoms with Crippen LogP contribution < -0.4 is 10.2 Å². The molecule has 1 rings (SSSR count). The fourth-order valence-electron chi connectivity index (χ4n) is 2.16. The molecule has 0 aliphatic heterocycles. The van der Waals surface area contributed by atoms with Crippen molar-refractivity contribution in [2.45, 2.75) is 39.5 Å². The second kappa shape index (κ2) is 8.74. The molecule has 0 saturated heterocycles. The van der Waals surface area contributed by atoms with Gasteiger partial charge in [0.2, 0.25) is 0 Å². The van der Waals surface area contributed by atoms with Gasteiger partial charge in [0, 0.05) is 39.4 Å². The molecule has 1 N–H and O–H groups in total. The second-order valence-corrected chi connectivity index (χ2v) is 5.31. The monoisotopic (exact) mass is 280 g/mol. The summed E-state index contributed by atoms with van der Waals surface area (Å²) >= 11 is 0. The molecule has 20 heavy (non-hydrogen) atoms. The van der Waals surface area contributed by atoms with Crippen LogP contribution in [0, 0.1) is 0 Å². The Labute approximate surface area is 122 Å². The Morgan fingerprint density at radius 2 is 2.10 bits per heavy atom. The first-order valence-corrected chi connectivity index (χ1v) is 7.40. The zero-order chi connectivity index (χ0) is 15.0. The maximum absolute atomic E-state index is 5.11. The van der Waals surface area contributed by atoms with Gasteiger partial charge < -0.3 is 15.0 Å². The number of hydrogen-bond acceptors (Lipinski definition) is 5. The third-order valence-corrected chi connectivity index (χ3v) is 3.19. The first kappa shape index (κ1) is 16.7. The molecule has 0 fully saturated rings. The maximum atomic E-state index is 5.11. The first-order chi connectivity index (χ1) is 9.61. The molecule has 0 bridgehead atoms. The summed E-state index contributed by atoms with van der Waals surface area (Å²) in [6.45, 7) is 9.15. The average molecular weight is 280 g/mol. The fraction of sp³-hybridized carbons (Fsp3) is 0.733. The Balaban J connectivity index is 2.93. The van der Waals surface area contributed by atoms with Crippen LogP contribution in [0.2, 0.25) is 0 Å². The van der Waals surface area contributed by atoms with Gasteiger partial charge in [-0.25, -0.2) is 9.97 Å². The predicted octanol–water partition coefficient (Wildman–Crippen LogP) is 2.89. The SMILES string of the molecule is CCCNc1ncnc(N(C)CCCOC)c1C(C)C. The Morgan fingerprint density at radius 3 is 2.70 bits per heavy atom. The summed E-state index contributed by atoms with van der Waals surface area (Å²) in [6.07, 6.45) is 3.72. The number of rotatable bonds is 9. The molecule has 1 heterocycles. The molecule has 0 unspecified atom stereocenters. The van der Waals surface area contributed by atoms with Crippen molar-refractivity contribution < 1.29 is 4.74 Å². The second-order valence-electron chi connectivity index (χ2n) is 5.31. The lowest BCUT2D eigenvalue weighted by Gasteiger charge is -2.24. The van der Waals surface area contributed by atoms with Gasteiger partial charge in [0.1, 0.15) is 18.0 Å². The van der Waals surface area contributed by atoms with E-state index in [1.165, 1.54) is 5.56 Å². The first-order valence-electron chi connectivity index (χ1n) is 7.40. The van der Waals surface area contributed by atoms with Crippen LogP contribution in [0.1, 0.15) is 45.1 Å². The van der Waals surface area contributed by atoms with Gasteiger partial charge in [-0.1, -0.05) is 20.8 Å². The van der Waals surface area contributed by atoms with Gasteiger partial charge in [0.05, 0.1) is 0 Å². The van der Waals surface area contributed by atoms with E-state index in [0.29, 0.717) is 5.92 Å². The summed E-state index contributed by atoms with van der Waals surface area (Å²) in [5.41, 5.74) is 1.20. The summed E-state index contributed by atoms with van der Waals surface area (Å²) in [4.78, 5) is 11.1. The molecule has 0 radical (unpaired) electrons. The summed E-state index contributed by atoms with van der Waals surface area (Å²) in [5.74, 6) is 2.37. The van der Waals surface area contributed by atoms with Crippen LogP contribution in [0.15, 0.2) is 6.33 Å². The lowest BCUT2D eigenvalue weighted by Crippen LogP contribution is -2.23. The third kappa shape index (κ3) is 4.63. The molecule has 5 heteroatoms. The minimum atomic E-state index is 0.385. The Bertz CT molecular complexity index is 395. The highest BCUT2D eigenvalue weighted by molar-refractivity contribution is 5.60. The Kier molecular flexibility index (Phi) is 7.30. The predicted molar refractivity (Wildman–Crippen MR) is 84.7 cm³/mol. The smallest absolute Gasteiger partial charge is 0.137 e. The summed E-state index contributed by atoms with van der Waals surface area (Å²) in [6, 6.07) is 0. The summed E-state index contributed by atoms with van der Waals surface area (Å²) in [5, 5.41) is 3.40. The molecule has 1 aromatic rings. The van der Waals surface area contributed by atoms with Gasteiger partial charge in [0.25, 0.3) is 0 Å². The summed E-state index contributed by atoms with van der Waals surface area (Å²) < 4.78 is 5.11. The summed E-state index contributed by atoms with van der Waals surface area (Å²) in [7, 11) is 3.81. The molecule has 0 aliphatic rings. The van der Waals surface area contributed by atoms with E-state index in [-0.39, 0.29) is 0 Å². The molecular weight excluding hydrogens is 252 g/mol. The van der Waals surface area contributed by atoms with Crippen LogP contribution in [-0.2, 0) is 4.74 Å². The Morgan fingerprint density at radius 1 is 1.35 bits per heavy atom. The Hall–Kier alpha value is -1.36. The number of aromatic nitrogens is 2. The van der Waals surface area contributed by atoms with E-state index in [2.05, 4.69) is 48.0 Å². The van der Waals surface area contributed by atoms with Crippen molar-refractivity contribution in [2.75, 3.05) is 44.1 Å². The molecule has 5 nitrogen and oxygen atoms in total. The van der Waals surface area contributed by atoms with Gasteiger partial charge in [-0.2, -0.15) is 0 Å². The normalized spacial score (nSPS) is 10.9. The minimum absolute atomic E-state index is 0.385. The molecule has 1 aromatic heterocycles. The van der Waals surface area contributed by atoms with Crippen LogP contribution in [-0.4, -0.2) is 43.8 Å². The maximum Gasteiger partial charge on any atom is 0.137 e. The number of anilines is 2. The highest BCUT2D eigenvalue weighted by Gasteiger charge is 2.17. The van der Waals surface area contributed by atoms with Crippen LogP contribution in [0.5, 0.6) is 0 Å². The average Bonchev–Trinajstić information content (AvgIpc) is 2.44. The highest BCUT2D eigenvalue weighted by Crippen LogP contribution is 2.30. The molecular formula is C15H28N4O. The number of ether oxygens (including phenoxy) is 1. The molecule has 0 aromatic carbocycles. The largest absolute Gasteiger partial charge is 0.385 e. The lowest BCUT2D eigenvalue weighted by atomic mass is 10.0. The minimum Gasteiger partial charge on any atom is -0.385 e. The third-order valence-electron chi connectivity index (χ3n) is 3.19. The number of methoxy groups -OCH3 is 1. The van der Waals surface area contributed by atoms with Crippen molar-refractivity contribution in [1.82, 2.24) is 9.97 Å². The van der Waals surface area contributed by atoms with E-state index in [9.17, 15) is 0 Å². The zero-order valence-electron chi connectivity index (χ0n) is 13.4. The molecule has 0 spiro atoms. The molecule has 0 atom stereocenters. The molecule has 0 saturated carbocycles. The van der Waals surface area contributed by atoms with Crippen molar-refractivity contribution in [2.24, 2.45) is 0 Å². The van der Waals surface area contributed by atoms with Crippen molar-refractivity contribution in [3.05, 3.63) is 11.9 Å². The van der Waals surface area contributed by atoms with Crippen molar-refractivity contribution in [3.8, 4) is 0 Å². The number of nitrogens with one attached hydrogen (secondary N) is 1. The number of nitrogens with zero attached hydrogens (tertiary/aromatic N) is 3. The molecule has 0 aliphatic carbocycles. The molecule has 114 valence electrons. The van der Waals surface area contributed by atoms with E-state index < -0.39 is 0 Å². The van der Waals surface area contributed by atoms with Crippen LogP contribution in [0.25, 0.3) is 0 Å². The van der Waals surface area contributed by atoms with E-state index in [0.717, 1.165) is 44.2 Å². The fourth-order valence-corrected chi connectivity index (χ4v) is 2.16. The van der Waals surface area contributed by atoms with E-state index >= 15 is 0 Å². The molecule has 0 amide bonds. The van der Waals surface area contributed by atoms with E-state index in [1.807, 2.05) is 0 Å². The van der Waals surface area contributed by atoms with Gasteiger partial charge in [0.15, 0.2) is 0 Å². The van der Waals surface area contributed by atoms with Crippen LogP contribution in [0.4, 0.5) is 11.6 Å². The van der Waals surface area contributed by atoms with Gasteiger partial charge in [-0.05, 0) is 18.8 Å². The van der Waals surface area contributed by atoms with Crippen molar-refractivity contribution >= 4 is 11.6 Å². The standard InChI is InChI=1S/C15H28N4O/c1-6-8-16-14-13(12(2)3)15(18-11-17-14)19(4)9-7-10-20-5/h11-12H,6-10H2,1-5H3,(H,16,17,18). The van der Waals surface area contributed by atoms with Crippen LogP contribution >= 0.6 is 0 Å². The topological polar surface area (TPSA) is 50.3 Å². The van der Waals surface area contributed by atoms with Gasteiger partial charge >= 0.3 is 0 Å². The highest BCUT2D eigenvalue weighted by atomic mass is 16.5. The van der Waals surface area contributed by atoms with E-state index in [4.69, 9.17) is 4.74 Å². The van der Waals surface area contributed by atoms with Gasteiger partial charge in [-0.15, -0.1) is 0 Å². The van der Waals surface area contributed by atoms with Crippen LogP contribution in [0.3, 0.4) is 0 Å². The van der Waals surface area contributed by atoms with Crippen molar-refractivity contribution in [3.63, 3.8) is 0 Å². The quantitative estimate of drug-likeness (QED) is 0.705. The number of hydrogen-bond donors (Lipinski definition) is 1. The lowest BCUT2D eigenvalue weighted by molar-refractivity contribution is 0.196. The van der Waals surface area contributed by atoms with E-state index in [1.54, 1.807) is 13.4 Å².